The van der Waals surface area contributed by atoms with Crippen LogP contribution >= 0.6 is 15.9 Å². The predicted molar refractivity (Wildman–Crippen MR) is 74.0 cm³/mol. The van der Waals surface area contributed by atoms with Gasteiger partial charge in [0.1, 0.15) is 16.7 Å². The van der Waals surface area contributed by atoms with E-state index in [0.717, 1.165) is 18.6 Å². The summed E-state index contributed by atoms with van der Waals surface area (Å²) in [6, 6.07) is 3.61. The number of hydrogen-bond donors (Lipinski definition) is 1. The first-order valence-corrected chi connectivity index (χ1v) is 8.03. The molecule has 4 nitrogen and oxygen atoms in total. The summed E-state index contributed by atoms with van der Waals surface area (Å²) in [6.45, 7) is 1.11. The second-order valence-corrected chi connectivity index (χ2v) is 6.92. The van der Waals surface area contributed by atoms with Crippen LogP contribution in [0.25, 0.3) is 0 Å². The molecule has 1 aromatic carbocycles. The highest BCUT2D eigenvalue weighted by Gasteiger charge is 2.32. The molecule has 1 fully saturated rings. The van der Waals surface area contributed by atoms with Gasteiger partial charge in [-0.3, -0.25) is 0 Å². The van der Waals surface area contributed by atoms with Crippen molar-refractivity contribution < 1.29 is 27.2 Å². The van der Waals surface area contributed by atoms with Gasteiger partial charge < -0.3 is 9.84 Å². The number of aliphatic hydroxyl groups excluding tert-OH is 1. The zero-order chi connectivity index (χ0) is 15.6. The highest BCUT2D eigenvalue weighted by Crippen LogP contribution is 2.31. The van der Waals surface area contributed by atoms with E-state index < -0.39 is 17.3 Å². The zero-order valence-electron chi connectivity index (χ0n) is 10.8. The fraction of sp³-hybridized carbons (Fsp3) is 0.500. The molecule has 1 saturated heterocycles. The van der Waals surface area contributed by atoms with Crippen molar-refractivity contribution in [2.24, 2.45) is 5.92 Å². The standard InChI is InChI=1S/C12H13BrF3NO3S/c13-10-5-9(20-12(14,15)16)1-2-11(10)21(19)17-4-3-8(6-17)7-18/h1-2,5,8,18H,3-4,6-7H2. The van der Waals surface area contributed by atoms with Crippen LogP contribution in [-0.2, 0) is 11.0 Å². The summed E-state index contributed by atoms with van der Waals surface area (Å²) in [7, 11) is -1.49. The smallest absolute Gasteiger partial charge is 0.406 e. The van der Waals surface area contributed by atoms with E-state index in [1.54, 1.807) is 4.31 Å². The third-order valence-electron chi connectivity index (χ3n) is 3.07. The predicted octanol–water partition coefficient (Wildman–Crippen LogP) is 2.68. The van der Waals surface area contributed by atoms with Crippen molar-refractivity contribution in [3.05, 3.63) is 22.7 Å². The van der Waals surface area contributed by atoms with Crippen molar-refractivity contribution in [1.29, 1.82) is 0 Å². The lowest BCUT2D eigenvalue weighted by Crippen LogP contribution is -2.24. The number of rotatable bonds is 4. The molecule has 1 heterocycles. The van der Waals surface area contributed by atoms with Gasteiger partial charge in [-0.1, -0.05) is 0 Å². The minimum Gasteiger partial charge on any atom is -0.406 e. The molecule has 0 radical (unpaired) electrons. The van der Waals surface area contributed by atoms with Gasteiger partial charge in [-0.05, 0) is 46.5 Å². The van der Waals surface area contributed by atoms with E-state index >= 15 is 0 Å². The molecule has 21 heavy (non-hydrogen) atoms. The molecule has 0 saturated carbocycles. The fourth-order valence-corrected chi connectivity index (χ4v) is 4.14. The molecular weight excluding hydrogens is 375 g/mol. The Morgan fingerprint density at radius 3 is 2.71 bits per heavy atom. The number of benzene rings is 1. The van der Waals surface area contributed by atoms with Crippen molar-refractivity contribution in [1.82, 2.24) is 4.31 Å². The van der Waals surface area contributed by atoms with Gasteiger partial charge in [-0.15, -0.1) is 13.2 Å². The van der Waals surface area contributed by atoms with Crippen molar-refractivity contribution in [3.8, 4) is 5.75 Å². The summed E-state index contributed by atoms with van der Waals surface area (Å²) in [5, 5.41) is 9.08. The van der Waals surface area contributed by atoms with Gasteiger partial charge >= 0.3 is 6.36 Å². The lowest BCUT2D eigenvalue weighted by molar-refractivity contribution is -0.274. The van der Waals surface area contributed by atoms with Crippen molar-refractivity contribution in [3.63, 3.8) is 0 Å². The van der Waals surface area contributed by atoms with Crippen LogP contribution in [0.5, 0.6) is 5.75 Å². The van der Waals surface area contributed by atoms with Crippen LogP contribution in [-0.4, -0.2) is 39.7 Å². The van der Waals surface area contributed by atoms with Gasteiger partial charge in [0, 0.05) is 24.2 Å². The molecule has 0 spiro atoms. The summed E-state index contributed by atoms with van der Waals surface area (Å²) < 4.78 is 54.6. The minimum absolute atomic E-state index is 0.0350. The average molecular weight is 388 g/mol. The Morgan fingerprint density at radius 1 is 1.48 bits per heavy atom. The van der Waals surface area contributed by atoms with Crippen molar-refractivity contribution in [2.75, 3.05) is 19.7 Å². The Morgan fingerprint density at radius 2 is 2.19 bits per heavy atom. The molecule has 2 unspecified atom stereocenters. The summed E-state index contributed by atoms with van der Waals surface area (Å²) >= 11 is 3.12. The highest BCUT2D eigenvalue weighted by atomic mass is 79.9. The molecule has 0 aromatic heterocycles. The maximum absolute atomic E-state index is 12.4. The first kappa shape index (κ1) is 16.7. The van der Waals surface area contributed by atoms with Crippen LogP contribution in [0.15, 0.2) is 27.6 Å². The first-order valence-electron chi connectivity index (χ1n) is 6.13. The van der Waals surface area contributed by atoms with E-state index in [9.17, 15) is 17.4 Å². The Balaban J connectivity index is 2.12. The van der Waals surface area contributed by atoms with Crippen LogP contribution in [0.2, 0.25) is 0 Å². The molecule has 1 aliphatic heterocycles. The van der Waals surface area contributed by atoms with Gasteiger partial charge in [-0.25, -0.2) is 8.51 Å². The Kier molecular flexibility index (Phi) is 5.29. The van der Waals surface area contributed by atoms with E-state index in [2.05, 4.69) is 20.7 Å². The van der Waals surface area contributed by atoms with Crippen LogP contribution in [0.1, 0.15) is 6.42 Å². The molecule has 118 valence electrons. The molecule has 2 rings (SSSR count). The molecule has 1 aliphatic rings. The third-order valence-corrected chi connectivity index (χ3v) is 5.52. The number of ether oxygens (including phenoxy) is 1. The van der Waals surface area contributed by atoms with Gasteiger partial charge in [0.25, 0.3) is 0 Å². The minimum atomic E-state index is -4.76. The number of nitrogens with zero attached hydrogens (tertiary/aromatic N) is 1. The molecule has 9 heteroatoms. The lowest BCUT2D eigenvalue weighted by Gasteiger charge is -2.16. The largest absolute Gasteiger partial charge is 0.573 e. The summed E-state index contributed by atoms with van der Waals surface area (Å²) in [5.41, 5.74) is 0. The summed E-state index contributed by atoms with van der Waals surface area (Å²) in [6.07, 6.45) is -4.02. The number of halogens is 4. The SMILES string of the molecule is O=S(c1ccc(OC(F)(F)F)cc1Br)N1CCC(CO)C1. The average Bonchev–Trinajstić information content (AvgIpc) is 2.85. The highest BCUT2D eigenvalue weighted by molar-refractivity contribution is 9.10. The number of hydrogen-bond acceptors (Lipinski definition) is 3. The summed E-state index contributed by atoms with van der Waals surface area (Å²) in [5.74, 6) is -0.287. The summed E-state index contributed by atoms with van der Waals surface area (Å²) in [4.78, 5) is 0.378. The van der Waals surface area contributed by atoms with Gasteiger partial charge in [-0.2, -0.15) is 0 Å². The van der Waals surface area contributed by atoms with E-state index in [1.165, 1.54) is 6.07 Å². The number of aliphatic hydroxyl groups is 1. The lowest BCUT2D eigenvalue weighted by atomic mass is 10.1. The van der Waals surface area contributed by atoms with Gasteiger partial charge in [0.2, 0.25) is 0 Å². The Hall–Kier alpha value is -0.640. The normalized spacial score (nSPS) is 21.5. The van der Waals surface area contributed by atoms with E-state index in [4.69, 9.17) is 5.11 Å². The third kappa shape index (κ3) is 4.41. The molecule has 0 amide bonds. The topological polar surface area (TPSA) is 49.8 Å². The molecule has 2 atom stereocenters. The van der Waals surface area contributed by atoms with Gasteiger partial charge in [0.15, 0.2) is 0 Å². The van der Waals surface area contributed by atoms with E-state index in [-0.39, 0.29) is 22.7 Å². The van der Waals surface area contributed by atoms with E-state index in [0.29, 0.717) is 18.0 Å². The molecule has 0 bridgehead atoms. The quantitative estimate of drug-likeness (QED) is 0.863. The fourth-order valence-electron chi connectivity index (χ4n) is 2.06. The van der Waals surface area contributed by atoms with Crippen LogP contribution < -0.4 is 4.74 Å². The second kappa shape index (κ2) is 6.64. The van der Waals surface area contributed by atoms with E-state index in [1.807, 2.05) is 0 Å². The number of alkyl halides is 3. The zero-order valence-corrected chi connectivity index (χ0v) is 13.2. The van der Waals surface area contributed by atoms with Crippen LogP contribution in [0.3, 0.4) is 0 Å². The Bertz CT molecular complexity index is 541. The molecule has 0 aliphatic carbocycles. The maximum Gasteiger partial charge on any atom is 0.573 e. The van der Waals surface area contributed by atoms with Gasteiger partial charge in [0.05, 0.1) is 4.90 Å². The van der Waals surface area contributed by atoms with Crippen LogP contribution in [0.4, 0.5) is 13.2 Å². The van der Waals surface area contributed by atoms with Crippen molar-refractivity contribution in [2.45, 2.75) is 17.7 Å². The van der Waals surface area contributed by atoms with Crippen molar-refractivity contribution >= 4 is 26.9 Å². The molecular formula is C12H13BrF3NO3S. The monoisotopic (exact) mass is 387 g/mol. The second-order valence-electron chi connectivity index (χ2n) is 4.61. The maximum atomic E-state index is 12.4. The van der Waals surface area contributed by atoms with Crippen LogP contribution in [0, 0.1) is 5.92 Å². The first-order chi connectivity index (χ1) is 9.80. The molecule has 1 aromatic rings. The molecule has 1 N–H and O–H groups in total. The Labute approximate surface area is 130 Å².